The predicted octanol–water partition coefficient (Wildman–Crippen LogP) is 3.88. The molecule has 0 saturated carbocycles. The van der Waals surface area contributed by atoms with Gasteiger partial charge in [-0.2, -0.15) is 0 Å². The van der Waals surface area contributed by atoms with Gasteiger partial charge in [0.15, 0.2) is 0 Å². The molecule has 1 aliphatic carbocycles. The van der Waals surface area contributed by atoms with Gasteiger partial charge >= 0.3 is 5.97 Å². The van der Waals surface area contributed by atoms with Gasteiger partial charge in [0.25, 0.3) is 0 Å². The normalized spacial score (nSPS) is 24.0. The van der Waals surface area contributed by atoms with Crippen LogP contribution in [-0.2, 0) is 25.5 Å². The summed E-state index contributed by atoms with van der Waals surface area (Å²) in [6, 6.07) is 7.50. The molecule has 0 bridgehead atoms. The van der Waals surface area contributed by atoms with Crippen molar-refractivity contribution < 1.29 is 19.1 Å². The summed E-state index contributed by atoms with van der Waals surface area (Å²) in [6.07, 6.45) is 11.8. The van der Waals surface area contributed by atoms with E-state index in [9.17, 15) is 14.4 Å². The lowest BCUT2D eigenvalue weighted by molar-refractivity contribution is -0.158. The molecule has 3 rings (SSSR count). The largest absolute Gasteiger partial charge is 0.465 e. The molecule has 1 aromatic rings. The molecule has 1 heterocycles. The summed E-state index contributed by atoms with van der Waals surface area (Å²) in [5.74, 6) is 0.592. The number of hydrogen-bond acceptors (Lipinski definition) is 4. The number of hydrogen-bond donors (Lipinski definition) is 1. The van der Waals surface area contributed by atoms with Gasteiger partial charge in [-0.25, -0.2) is 0 Å². The fraction of sp³-hybridized carbons (Fsp3) is 0.500. The first-order valence-electron chi connectivity index (χ1n) is 11.6. The number of nitrogens with zero attached hydrogens (tertiary/aromatic N) is 1. The minimum Gasteiger partial charge on any atom is -0.465 e. The number of benzene rings is 1. The highest BCUT2D eigenvalue weighted by Gasteiger charge is 2.61. The van der Waals surface area contributed by atoms with Crippen molar-refractivity contribution in [3.8, 4) is 12.3 Å². The van der Waals surface area contributed by atoms with E-state index in [1.807, 2.05) is 30.3 Å². The van der Waals surface area contributed by atoms with Gasteiger partial charge in [-0.15, -0.1) is 6.42 Å². The summed E-state index contributed by atoms with van der Waals surface area (Å²) in [6.45, 7) is 2.46. The molecule has 1 aromatic carbocycles. The summed E-state index contributed by atoms with van der Waals surface area (Å²) in [5.41, 5.74) is 0.575. The minimum absolute atomic E-state index is 0.0785. The van der Waals surface area contributed by atoms with Gasteiger partial charge in [0, 0.05) is 23.7 Å². The molecule has 0 radical (unpaired) electrons. The Hall–Kier alpha value is -2.78. The lowest BCUT2D eigenvalue weighted by atomic mass is 9.69. The highest BCUT2D eigenvalue weighted by molar-refractivity contribution is 6.30. The third-order valence-electron chi connectivity index (χ3n) is 6.47. The molecule has 6 nitrogen and oxygen atoms in total. The number of allylic oxidation sites excluding steroid dienone is 1. The zero-order valence-corrected chi connectivity index (χ0v) is 19.8. The Kier molecular flexibility index (Phi) is 8.57. The fourth-order valence-corrected chi connectivity index (χ4v) is 5.02. The van der Waals surface area contributed by atoms with Crippen LogP contribution in [0, 0.1) is 23.7 Å². The average Bonchev–Trinajstić information content (AvgIpc) is 2.99. The number of ether oxygens (including phenoxy) is 1. The molecule has 1 fully saturated rings. The summed E-state index contributed by atoms with van der Waals surface area (Å²) in [4.78, 5) is 41.5. The molecule has 2 amide bonds. The SMILES string of the molecule is C#CCNC(=O)C[C@@H]1C(=O)N(CCc2ccc(Cl)cc2)/C2=C/CCCCC[C@@]21C(=O)OCC. The Morgan fingerprint density at radius 1 is 1.27 bits per heavy atom. The van der Waals surface area contributed by atoms with Gasteiger partial charge in [0.2, 0.25) is 11.8 Å². The Morgan fingerprint density at radius 3 is 2.73 bits per heavy atom. The molecule has 1 aliphatic heterocycles. The van der Waals surface area contributed by atoms with Gasteiger partial charge in [-0.1, -0.05) is 48.6 Å². The van der Waals surface area contributed by atoms with Crippen molar-refractivity contribution in [2.45, 2.75) is 51.9 Å². The number of carbonyl (C=O) groups excluding carboxylic acids is 3. The average molecular weight is 471 g/mol. The van der Waals surface area contributed by atoms with E-state index in [1.54, 1.807) is 11.8 Å². The first-order chi connectivity index (χ1) is 15.9. The monoisotopic (exact) mass is 470 g/mol. The van der Waals surface area contributed by atoms with Crippen LogP contribution < -0.4 is 5.32 Å². The van der Waals surface area contributed by atoms with Crippen LogP contribution in [0.5, 0.6) is 0 Å². The topological polar surface area (TPSA) is 75.7 Å². The third kappa shape index (κ3) is 5.42. The van der Waals surface area contributed by atoms with Crippen LogP contribution in [-0.4, -0.2) is 42.4 Å². The second-order valence-corrected chi connectivity index (χ2v) is 8.92. The highest BCUT2D eigenvalue weighted by Crippen LogP contribution is 2.52. The summed E-state index contributed by atoms with van der Waals surface area (Å²) in [7, 11) is 0. The number of halogens is 1. The van der Waals surface area contributed by atoms with Crippen molar-refractivity contribution >= 4 is 29.4 Å². The van der Waals surface area contributed by atoms with E-state index in [2.05, 4.69) is 11.2 Å². The Bertz CT molecular complexity index is 950. The van der Waals surface area contributed by atoms with E-state index in [0.29, 0.717) is 30.1 Å². The molecule has 2 atom stereocenters. The van der Waals surface area contributed by atoms with Gasteiger partial charge in [-0.3, -0.25) is 14.4 Å². The van der Waals surface area contributed by atoms with Gasteiger partial charge in [-0.05, 0) is 50.3 Å². The van der Waals surface area contributed by atoms with Crippen LogP contribution in [0.25, 0.3) is 0 Å². The number of likely N-dealkylation sites (tertiary alicyclic amines) is 1. The van der Waals surface area contributed by atoms with Crippen LogP contribution in [0.1, 0.15) is 51.0 Å². The number of esters is 1. The Balaban J connectivity index is 1.98. The number of fused-ring (bicyclic) bond motifs is 1. The van der Waals surface area contributed by atoms with E-state index in [0.717, 1.165) is 31.2 Å². The number of rotatable bonds is 8. The Labute approximate surface area is 200 Å². The van der Waals surface area contributed by atoms with Crippen molar-refractivity contribution in [3.63, 3.8) is 0 Å². The quantitative estimate of drug-likeness (QED) is 0.462. The first-order valence-corrected chi connectivity index (χ1v) is 12.0. The number of terminal acetylenes is 1. The zero-order chi connectivity index (χ0) is 23.8. The molecule has 0 spiro atoms. The van der Waals surface area contributed by atoms with Crippen molar-refractivity contribution in [2.24, 2.45) is 11.3 Å². The molecule has 33 heavy (non-hydrogen) atoms. The van der Waals surface area contributed by atoms with Crippen LogP contribution >= 0.6 is 11.6 Å². The summed E-state index contributed by atoms with van der Waals surface area (Å²) < 4.78 is 5.51. The van der Waals surface area contributed by atoms with Crippen molar-refractivity contribution in [1.29, 1.82) is 0 Å². The minimum atomic E-state index is -1.15. The third-order valence-corrected chi connectivity index (χ3v) is 6.73. The van der Waals surface area contributed by atoms with Gasteiger partial charge in [0.05, 0.1) is 19.1 Å². The van der Waals surface area contributed by atoms with E-state index < -0.39 is 17.3 Å². The lowest BCUT2D eigenvalue weighted by Gasteiger charge is -2.34. The highest BCUT2D eigenvalue weighted by atomic mass is 35.5. The van der Waals surface area contributed by atoms with Crippen LogP contribution in [0.3, 0.4) is 0 Å². The molecule has 0 aromatic heterocycles. The van der Waals surface area contributed by atoms with Crippen LogP contribution in [0.2, 0.25) is 5.02 Å². The van der Waals surface area contributed by atoms with E-state index in [-0.39, 0.29) is 31.4 Å². The van der Waals surface area contributed by atoms with E-state index in [1.165, 1.54) is 0 Å². The summed E-state index contributed by atoms with van der Waals surface area (Å²) in [5, 5.41) is 3.29. The van der Waals surface area contributed by atoms with E-state index >= 15 is 0 Å². The van der Waals surface area contributed by atoms with Crippen LogP contribution in [0.15, 0.2) is 36.0 Å². The Morgan fingerprint density at radius 2 is 2.03 bits per heavy atom. The van der Waals surface area contributed by atoms with Crippen molar-refractivity contribution in [3.05, 3.63) is 46.6 Å². The van der Waals surface area contributed by atoms with Crippen molar-refractivity contribution in [1.82, 2.24) is 10.2 Å². The van der Waals surface area contributed by atoms with Gasteiger partial charge < -0.3 is 15.0 Å². The predicted molar refractivity (Wildman–Crippen MR) is 127 cm³/mol. The first kappa shape index (κ1) is 24.9. The second kappa shape index (κ2) is 11.4. The van der Waals surface area contributed by atoms with E-state index in [4.69, 9.17) is 22.8 Å². The number of carbonyl (C=O) groups is 3. The van der Waals surface area contributed by atoms with Gasteiger partial charge in [0.1, 0.15) is 5.41 Å². The smallest absolute Gasteiger partial charge is 0.318 e. The number of amides is 2. The maximum absolute atomic E-state index is 13.7. The lowest BCUT2D eigenvalue weighted by Crippen LogP contribution is -2.42. The van der Waals surface area contributed by atoms with Crippen LogP contribution in [0.4, 0.5) is 0 Å². The number of nitrogens with one attached hydrogen (secondary N) is 1. The molecule has 1 N–H and O–H groups in total. The molecule has 0 unspecified atom stereocenters. The molecule has 7 heteroatoms. The maximum atomic E-state index is 13.7. The second-order valence-electron chi connectivity index (χ2n) is 8.48. The zero-order valence-electron chi connectivity index (χ0n) is 19.1. The summed E-state index contributed by atoms with van der Waals surface area (Å²) >= 11 is 6.00. The fourth-order valence-electron chi connectivity index (χ4n) is 4.90. The molecule has 1 saturated heterocycles. The standard InChI is InChI=1S/C26H31ClN2O4/c1-3-16-28-23(30)18-21-24(31)29(17-14-19-10-12-20(27)13-11-19)22-9-7-5-6-8-15-26(21,22)25(32)33-4-2/h1,9-13,21H,4-8,14-18H2,2H3,(H,28,30)/b22-9+/t21-,26+/m1/s1. The molecule has 176 valence electrons. The molecular weight excluding hydrogens is 440 g/mol. The maximum Gasteiger partial charge on any atom is 0.318 e. The molecular formula is C26H31ClN2O4. The van der Waals surface area contributed by atoms with Crippen molar-refractivity contribution in [2.75, 3.05) is 19.7 Å². The molecule has 2 aliphatic rings.